The maximum absolute atomic E-state index is 13.4. The molecule has 7 nitrogen and oxygen atoms in total. The maximum Gasteiger partial charge on any atom is 0.305 e. The fraction of sp³-hybridized carbons (Fsp3) is 0.500. The third kappa shape index (κ3) is 7.87. The minimum atomic E-state index is -0.219. The van der Waals surface area contributed by atoms with Gasteiger partial charge in [0, 0.05) is 19.6 Å². The number of carbonyl (C=O) groups excluding carboxylic acids is 1. The summed E-state index contributed by atoms with van der Waals surface area (Å²) in [6.07, 6.45) is 7.24. The number of phenolic OH excluding ortho intramolecular Hbond substituents is 1. The molecule has 0 bridgehead atoms. The molecule has 0 spiro atoms. The lowest BCUT2D eigenvalue weighted by molar-refractivity contribution is -0.126. The number of fused-ring (bicyclic) bond motifs is 1. The van der Waals surface area contributed by atoms with Gasteiger partial charge < -0.3 is 26.0 Å². The van der Waals surface area contributed by atoms with E-state index in [0.717, 1.165) is 52.8 Å². The number of aromatic nitrogens is 1. The van der Waals surface area contributed by atoms with Crippen molar-refractivity contribution in [3.63, 3.8) is 0 Å². The van der Waals surface area contributed by atoms with Gasteiger partial charge in [0.05, 0.1) is 10.6 Å². The highest BCUT2D eigenvalue weighted by molar-refractivity contribution is 7.16. The second-order valence-corrected chi connectivity index (χ2v) is 10.8. The Morgan fingerprint density at radius 1 is 1.05 bits per heavy atom. The number of amides is 1. The molecule has 200 valence electrons. The van der Waals surface area contributed by atoms with Crippen LogP contribution in [0.3, 0.4) is 0 Å². The van der Waals surface area contributed by atoms with Crippen molar-refractivity contribution in [2.75, 3.05) is 32.7 Å². The van der Waals surface area contributed by atoms with E-state index in [9.17, 15) is 19.1 Å². The van der Waals surface area contributed by atoms with Gasteiger partial charge in [0.25, 0.3) is 0 Å². The number of carbonyl (C=O) groups is 1. The number of hydrogen-bond acceptors (Lipinski definition) is 6. The average molecular weight is 529 g/mol. The first-order chi connectivity index (χ1) is 18.0. The Morgan fingerprint density at radius 3 is 2.68 bits per heavy atom. The summed E-state index contributed by atoms with van der Waals surface area (Å²) in [6, 6.07) is 10.1. The summed E-state index contributed by atoms with van der Waals surface area (Å²) in [4.78, 5) is 27.3. The van der Waals surface area contributed by atoms with Crippen LogP contribution in [0.4, 0.5) is 4.39 Å². The van der Waals surface area contributed by atoms with Gasteiger partial charge in [-0.3, -0.25) is 9.59 Å². The standard InChI is InChI=1S/C28H37FN4O3S/c29-22-8-4-5-19(17-22)11-13-31-18-23(20-6-2-1-3-7-20)27(35)32-16-15-30-14-12-21-9-10-24(34)25-26(21)37-28(36)33-25/h4-5,8-10,17,20,23,30-31,34H,1-3,6-7,11-16,18H2,(H,32,35)(H,33,36). The lowest BCUT2D eigenvalue weighted by atomic mass is 9.79. The molecule has 1 fully saturated rings. The zero-order chi connectivity index (χ0) is 26.0. The van der Waals surface area contributed by atoms with Gasteiger partial charge in [0.1, 0.15) is 17.1 Å². The van der Waals surface area contributed by atoms with E-state index in [1.54, 1.807) is 18.2 Å². The van der Waals surface area contributed by atoms with Crippen molar-refractivity contribution in [3.8, 4) is 5.75 Å². The van der Waals surface area contributed by atoms with Crippen LogP contribution in [0, 0.1) is 17.7 Å². The Balaban J connectivity index is 1.20. The average Bonchev–Trinajstić information content (AvgIpc) is 3.30. The van der Waals surface area contributed by atoms with Crippen molar-refractivity contribution in [2.24, 2.45) is 11.8 Å². The van der Waals surface area contributed by atoms with E-state index in [0.29, 0.717) is 44.2 Å². The topological polar surface area (TPSA) is 106 Å². The van der Waals surface area contributed by atoms with Crippen LogP contribution in [0.1, 0.15) is 43.2 Å². The molecule has 0 aliphatic heterocycles. The molecular formula is C28H37FN4O3S. The highest BCUT2D eigenvalue weighted by Crippen LogP contribution is 2.30. The van der Waals surface area contributed by atoms with Crippen LogP contribution in [-0.4, -0.2) is 48.7 Å². The first kappa shape index (κ1) is 27.3. The molecule has 0 saturated heterocycles. The molecule has 9 heteroatoms. The Bertz CT molecular complexity index is 1220. The van der Waals surface area contributed by atoms with Crippen molar-refractivity contribution in [1.29, 1.82) is 0 Å². The number of rotatable bonds is 13. The van der Waals surface area contributed by atoms with Crippen LogP contribution in [0.25, 0.3) is 10.2 Å². The van der Waals surface area contributed by atoms with Crippen molar-refractivity contribution >= 4 is 27.5 Å². The maximum atomic E-state index is 13.4. The molecule has 2 aromatic carbocycles. The van der Waals surface area contributed by atoms with E-state index in [1.807, 2.05) is 12.1 Å². The number of aromatic hydroxyl groups is 1. The predicted molar refractivity (Wildman–Crippen MR) is 147 cm³/mol. The highest BCUT2D eigenvalue weighted by atomic mass is 32.1. The van der Waals surface area contributed by atoms with Crippen LogP contribution in [0.2, 0.25) is 0 Å². The predicted octanol–water partition coefficient (Wildman–Crippen LogP) is 3.71. The zero-order valence-corrected chi connectivity index (χ0v) is 22.0. The van der Waals surface area contributed by atoms with E-state index in [1.165, 1.54) is 25.3 Å². The van der Waals surface area contributed by atoms with Gasteiger partial charge in [0.15, 0.2) is 0 Å². The summed E-state index contributed by atoms with van der Waals surface area (Å²) in [5, 5.41) is 19.9. The molecule has 1 heterocycles. The molecule has 37 heavy (non-hydrogen) atoms. The first-order valence-electron chi connectivity index (χ1n) is 13.3. The lowest BCUT2D eigenvalue weighted by Crippen LogP contribution is -2.43. The molecule has 5 N–H and O–H groups in total. The molecular weight excluding hydrogens is 491 g/mol. The van der Waals surface area contributed by atoms with Crippen molar-refractivity contribution in [3.05, 3.63) is 63.0 Å². The summed E-state index contributed by atoms with van der Waals surface area (Å²) in [5.74, 6) is 0.305. The summed E-state index contributed by atoms with van der Waals surface area (Å²) < 4.78 is 14.2. The van der Waals surface area contributed by atoms with E-state index in [2.05, 4.69) is 20.9 Å². The number of halogens is 1. The molecule has 1 aliphatic rings. The first-order valence-corrected chi connectivity index (χ1v) is 14.1. The molecule has 1 aromatic heterocycles. The smallest absolute Gasteiger partial charge is 0.305 e. The van der Waals surface area contributed by atoms with E-state index < -0.39 is 0 Å². The fourth-order valence-electron chi connectivity index (χ4n) is 5.22. The Hall–Kier alpha value is -2.75. The van der Waals surface area contributed by atoms with Gasteiger partial charge in [-0.1, -0.05) is 48.8 Å². The van der Waals surface area contributed by atoms with Crippen molar-refractivity contribution in [1.82, 2.24) is 20.9 Å². The monoisotopic (exact) mass is 528 g/mol. The Kier molecular flexibility index (Phi) is 10.1. The zero-order valence-electron chi connectivity index (χ0n) is 21.2. The number of phenols is 1. The van der Waals surface area contributed by atoms with E-state index in [4.69, 9.17) is 0 Å². The lowest BCUT2D eigenvalue weighted by Gasteiger charge is -2.29. The molecule has 0 radical (unpaired) electrons. The number of nitrogens with one attached hydrogen (secondary N) is 4. The fourth-order valence-corrected chi connectivity index (χ4v) is 6.11. The molecule has 4 rings (SSSR count). The van der Waals surface area contributed by atoms with E-state index >= 15 is 0 Å². The van der Waals surface area contributed by atoms with Crippen LogP contribution in [0.15, 0.2) is 41.2 Å². The number of H-pyrrole nitrogens is 1. The molecule has 1 unspecified atom stereocenters. The third-order valence-electron chi connectivity index (χ3n) is 7.21. The van der Waals surface area contributed by atoms with Gasteiger partial charge in [-0.2, -0.15) is 0 Å². The molecule has 1 saturated carbocycles. The summed E-state index contributed by atoms with van der Waals surface area (Å²) in [5.41, 5.74) is 2.46. The molecule has 1 aliphatic carbocycles. The van der Waals surface area contributed by atoms with Crippen molar-refractivity contribution < 1.29 is 14.3 Å². The summed E-state index contributed by atoms with van der Waals surface area (Å²) >= 11 is 1.11. The van der Waals surface area contributed by atoms with E-state index in [-0.39, 0.29) is 28.3 Å². The van der Waals surface area contributed by atoms with Gasteiger partial charge in [-0.05, 0) is 74.0 Å². The second-order valence-electron chi connectivity index (χ2n) is 9.84. The molecule has 1 amide bonds. The highest BCUT2D eigenvalue weighted by Gasteiger charge is 2.29. The minimum absolute atomic E-state index is 0.0607. The SMILES string of the molecule is O=C(NCCNCCc1ccc(O)c2[nH]c(=O)sc12)C(CNCCc1cccc(F)c1)C1CCCCC1. The number of thiazole rings is 1. The normalized spacial score (nSPS) is 15.2. The number of aromatic amines is 1. The van der Waals surface area contributed by atoms with Crippen LogP contribution < -0.4 is 20.8 Å². The second kappa shape index (κ2) is 13.7. The van der Waals surface area contributed by atoms with Gasteiger partial charge >= 0.3 is 4.87 Å². The summed E-state index contributed by atoms with van der Waals surface area (Å²) in [7, 11) is 0. The number of hydrogen-bond donors (Lipinski definition) is 5. The van der Waals surface area contributed by atoms with Crippen LogP contribution >= 0.6 is 11.3 Å². The third-order valence-corrected chi connectivity index (χ3v) is 8.17. The quantitative estimate of drug-likeness (QED) is 0.218. The van der Waals surface area contributed by atoms with Crippen molar-refractivity contribution in [2.45, 2.75) is 44.9 Å². The van der Waals surface area contributed by atoms with Gasteiger partial charge in [0.2, 0.25) is 5.91 Å². The largest absolute Gasteiger partial charge is 0.506 e. The van der Waals surface area contributed by atoms with Gasteiger partial charge in [-0.25, -0.2) is 4.39 Å². The molecule has 1 atom stereocenters. The van der Waals surface area contributed by atoms with Gasteiger partial charge in [-0.15, -0.1) is 0 Å². The number of benzene rings is 2. The minimum Gasteiger partial charge on any atom is -0.506 e. The van der Waals surface area contributed by atoms with Crippen LogP contribution in [0.5, 0.6) is 5.75 Å². The Morgan fingerprint density at radius 2 is 1.86 bits per heavy atom. The summed E-state index contributed by atoms with van der Waals surface area (Å²) in [6.45, 7) is 3.25. The molecule has 3 aromatic rings. The Labute approximate surface area is 220 Å². The van der Waals surface area contributed by atoms with Crippen LogP contribution in [-0.2, 0) is 17.6 Å².